The van der Waals surface area contributed by atoms with Crippen LogP contribution in [-0.4, -0.2) is 186 Å². The number of amides is 1. The van der Waals surface area contributed by atoms with E-state index in [1.54, 1.807) is 0 Å². The van der Waals surface area contributed by atoms with E-state index in [0.29, 0.717) is 59.0 Å². The lowest BCUT2D eigenvalue weighted by atomic mass is 10.3. The molecule has 0 aromatic carbocycles. The Morgan fingerprint density at radius 2 is 1.00 bits per heavy atom. The lowest BCUT2D eigenvalue weighted by Crippen LogP contribution is -2.50. The van der Waals surface area contributed by atoms with Gasteiger partial charge in [0.25, 0.3) is 0 Å². The lowest BCUT2D eigenvalue weighted by Gasteiger charge is -2.33. The Kier molecular flexibility index (Phi) is 17.7. The van der Waals surface area contributed by atoms with Crippen molar-refractivity contribution in [1.82, 2.24) is 24.5 Å². The van der Waals surface area contributed by atoms with Crippen molar-refractivity contribution in [3.8, 4) is 0 Å². The normalized spacial score (nSPS) is 16.8. The van der Waals surface area contributed by atoms with Crippen molar-refractivity contribution in [3.05, 3.63) is 0 Å². The molecule has 1 aliphatic heterocycles. The van der Waals surface area contributed by atoms with Crippen molar-refractivity contribution in [2.45, 2.75) is 6.92 Å². The second-order valence-electron chi connectivity index (χ2n) is 9.24. The molecular formula is C25H45N5O10. The molecule has 1 saturated heterocycles. The zero-order valence-electron chi connectivity index (χ0n) is 24.2. The smallest absolute Gasteiger partial charge is 0.323 e. The summed E-state index contributed by atoms with van der Waals surface area (Å²) in [7, 11) is 3.93. The van der Waals surface area contributed by atoms with Crippen molar-refractivity contribution >= 4 is 29.8 Å². The Morgan fingerprint density at radius 3 is 1.30 bits per heavy atom. The van der Waals surface area contributed by atoms with Gasteiger partial charge >= 0.3 is 23.9 Å². The summed E-state index contributed by atoms with van der Waals surface area (Å²) in [5.74, 6) is -2.71. The highest BCUT2D eigenvalue weighted by atomic mass is 16.5. The molecule has 230 valence electrons. The van der Waals surface area contributed by atoms with Crippen molar-refractivity contribution in [2.75, 3.05) is 126 Å². The van der Waals surface area contributed by atoms with Crippen LogP contribution in [-0.2, 0) is 42.9 Å². The predicted octanol–water partition coefficient (Wildman–Crippen LogP) is -2.32. The van der Waals surface area contributed by atoms with Gasteiger partial charge in [0.05, 0.1) is 54.1 Å². The zero-order valence-corrected chi connectivity index (χ0v) is 24.2. The predicted molar refractivity (Wildman–Crippen MR) is 143 cm³/mol. The number of aliphatic carboxylic acids is 1. The van der Waals surface area contributed by atoms with Crippen LogP contribution in [0.25, 0.3) is 0 Å². The highest BCUT2D eigenvalue weighted by Gasteiger charge is 2.24. The van der Waals surface area contributed by atoms with Crippen LogP contribution in [0.5, 0.6) is 0 Å². The molecular weight excluding hydrogens is 530 g/mol. The number of hydrogen-bond donors (Lipinski definition) is 1. The third-order valence-electron chi connectivity index (χ3n) is 6.42. The molecule has 0 saturated carbocycles. The highest BCUT2D eigenvalue weighted by molar-refractivity contribution is 5.82. The van der Waals surface area contributed by atoms with Crippen LogP contribution in [0.15, 0.2) is 0 Å². The van der Waals surface area contributed by atoms with Gasteiger partial charge in [0.2, 0.25) is 5.91 Å². The van der Waals surface area contributed by atoms with Gasteiger partial charge in [-0.05, 0) is 6.92 Å². The van der Waals surface area contributed by atoms with Crippen molar-refractivity contribution in [3.63, 3.8) is 0 Å². The molecule has 1 heterocycles. The standard InChI is InChI=1S/C25H45N5O10/c1-5-40-15-14-30(17-22(32)33)21(31)16-26-6-8-27(18-23(34)37-2)10-12-29(20-25(36)39-4)13-11-28(9-7-26)19-24(35)38-3/h5-20H2,1-4H3,(H,32,33). The number of carbonyl (C=O) groups is 5. The first-order valence-corrected chi connectivity index (χ1v) is 13.3. The Labute approximate surface area is 235 Å². The van der Waals surface area contributed by atoms with Crippen LogP contribution in [0.3, 0.4) is 0 Å². The number of carbonyl (C=O) groups excluding carboxylic acids is 4. The topological polar surface area (TPSA) is 159 Å². The van der Waals surface area contributed by atoms with E-state index in [9.17, 15) is 29.1 Å². The monoisotopic (exact) mass is 575 g/mol. The van der Waals surface area contributed by atoms with E-state index in [0.717, 1.165) is 0 Å². The minimum atomic E-state index is -1.12. The second-order valence-corrected chi connectivity index (χ2v) is 9.24. The maximum absolute atomic E-state index is 13.1. The molecule has 1 amide bonds. The fourth-order valence-corrected chi connectivity index (χ4v) is 4.02. The molecule has 1 rings (SSSR count). The molecule has 0 aromatic heterocycles. The average Bonchev–Trinajstić information content (AvgIpc) is 2.92. The number of carboxylic acid groups (broad SMARTS) is 1. The third-order valence-corrected chi connectivity index (χ3v) is 6.42. The summed E-state index contributed by atoms with van der Waals surface area (Å²) in [5, 5.41) is 9.30. The minimum absolute atomic E-state index is 0.0261. The van der Waals surface area contributed by atoms with E-state index < -0.39 is 30.4 Å². The van der Waals surface area contributed by atoms with Crippen molar-refractivity contribution < 1.29 is 48.0 Å². The number of carboxylic acids is 1. The van der Waals surface area contributed by atoms with E-state index in [1.807, 2.05) is 26.5 Å². The van der Waals surface area contributed by atoms with E-state index in [4.69, 9.17) is 18.9 Å². The summed E-state index contributed by atoms with van der Waals surface area (Å²) in [4.78, 5) is 69.4. The molecule has 15 heteroatoms. The molecule has 1 aliphatic rings. The molecule has 0 atom stereocenters. The maximum Gasteiger partial charge on any atom is 0.323 e. The first-order valence-electron chi connectivity index (χ1n) is 13.3. The van der Waals surface area contributed by atoms with Crippen LogP contribution >= 0.6 is 0 Å². The summed E-state index contributed by atoms with van der Waals surface area (Å²) in [5.41, 5.74) is 0. The number of esters is 3. The lowest BCUT2D eigenvalue weighted by molar-refractivity contribution is -0.145. The van der Waals surface area contributed by atoms with E-state index in [2.05, 4.69) is 0 Å². The Morgan fingerprint density at radius 1 is 0.650 bits per heavy atom. The minimum Gasteiger partial charge on any atom is -0.480 e. The van der Waals surface area contributed by atoms with Crippen LogP contribution < -0.4 is 0 Å². The van der Waals surface area contributed by atoms with E-state index in [1.165, 1.54) is 26.2 Å². The molecule has 0 radical (unpaired) electrons. The number of ether oxygens (including phenoxy) is 4. The number of methoxy groups -OCH3 is 3. The molecule has 0 bridgehead atoms. The van der Waals surface area contributed by atoms with Crippen molar-refractivity contribution in [1.29, 1.82) is 0 Å². The largest absolute Gasteiger partial charge is 0.480 e. The Hall–Kier alpha value is -2.85. The van der Waals surface area contributed by atoms with Crippen LogP contribution in [0, 0.1) is 0 Å². The Balaban J connectivity index is 3.12. The summed E-state index contributed by atoms with van der Waals surface area (Å²) >= 11 is 0. The summed E-state index contributed by atoms with van der Waals surface area (Å²) in [6.45, 7) is 5.58. The molecule has 15 nitrogen and oxygen atoms in total. The van der Waals surface area contributed by atoms with Crippen LogP contribution in [0.4, 0.5) is 0 Å². The molecule has 0 unspecified atom stereocenters. The Bertz CT molecular complexity index is 781. The van der Waals surface area contributed by atoms with Gasteiger partial charge in [-0.25, -0.2) is 0 Å². The van der Waals surface area contributed by atoms with Gasteiger partial charge in [0.15, 0.2) is 0 Å². The molecule has 1 N–H and O–H groups in total. The van der Waals surface area contributed by atoms with E-state index in [-0.39, 0.29) is 45.2 Å². The fourth-order valence-electron chi connectivity index (χ4n) is 4.02. The van der Waals surface area contributed by atoms with Crippen LogP contribution in [0.2, 0.25) is 0 Å². The highest BCUT2D eigenvalue weighted by Crippen LogP contribution is 2.04. The number of nitrogens with zero attached hydrogens (tertiary/aromatic N) is 5. The van der Waals surface area contributed by atoms with E-state index >= 15 is 0 Å². The molecule has 0 aromatic rings. The van der Waals surface area contributed by atoms with Crippen molar-refractivity contribution in [2.24, 2.45) is 0 Å². The summed E-state index contributed by atoms with van der Waals surface area (Å²) < 4.78 is 19.8. The molecule has 40 heavy (non-hydrogen) atoms. The first kappa shape index (κ1) is 35.2. The maximum atomic E-state index is 13.1. The van der Waals surface area contributed by atoms with Gasteiger partial charge in [-0.15, -0.1) is 0 Å². The quantitative estimate of drug-likeness (QED) is 0.134. The second kappa shape index (κ2) is 20.1. The fraction of sp³-hybridized carbons (Fsp3) is 0.800. The van der Waals surface area contributed by atoms with Gasteiger partial charge in [0, 0.05) is 65.5 Å². The third kappa shape index (κ3) is 15.1. The van der Waals surface area contributed by atoms with Gasteiger partial charge in [-0.3, -0.25) is 43.6 Å². The van der Waals surface area contributed by atoms with Crippen LogP contribution in [0.1, 0.15) is 6.92 Å². The zero-order chi connectivity index (χ0) is 29.9. The summed E-state index contributed by atoms with van der Waals surface area (Å²) in [6.07, 6.45) is 0. The summed E-state index contributed by atoms with van der Waals surface area (Å²) in [6, 6.07) is 0. The first-order chi connectivity index (χ1) is 19.1. The molecule has 0 spiro atoms. The number of rotatable bonds is 14. The molecule has 1 fully saturated rings. The number of hydrogen-bond acceptors (Lipinski definition) is 13. The van der Waals surface area contributed by atoms with Gasteiger partial charge in [0.1, 0.15) is 6.54 Å². The van der Waals surface area contributed by atoms with Gasteiger partial charge < -0.3 is 29.0 Å². The van der Waals surface area contributed by atoms with Gasteiger partial charge in [-0.2, -0.15) is 0 Å². The van der Waals surface area contributed by atoms with Gasteiger partial charge in [-0.1, -0.05) is 0 Å². The SMILES string of the molecule is CCOCCN(CC(=O)O)C(=O)CN1CCN(CC(=O)OC)CCN(CC(=O)OC)CCN(CC(=O)OC)CC1. The molecule has 0 aliphatic carbocycles. The average molecular weight is 576 g/mol.